The number of hydrogen-bond donors (Lipinski definition) is 0. The van der Waals surface area contributed by atoms with E-state index in [-0.39, 0.29) is 10.9 Å². The van der Waals surface area contributed by atoms with Gasteiger partial charge in [-0.3, -0.25) is 0 Å². The van der Waals surface area contributed by atoms with Crippen molar-refractivity contribution in [2.24, 2.45) is 0 Å². The van der Waals surface area contributed by atoms with E-state index in [0.29, 0.717) is 5.75 Å². The first-order valence-corrected chi connectivity index (χ1v) is 8.01. The van der Waals surface area contributed by atoms with Crippen LogP contribution in [0.2, 0.25) is 0 Å². The smallest absolute Gasteiger partial charge is 0.246 e. The van der Waals surface area contributed by atoms with Gasteiger partial charge in [-0.2, -0.15) is 4.31 Å². The maximum Gasteiger partial charge on any atom is 0.246 e. The van der Waals surface area contributed by atoms with E-state index in [1.807, 2.05) is 0 Å². The molecule has 1 aromatic carbocycles. The van der Waals surface area contributed by atoms with E-state index in [1.165, 1.54) is 11.4 Å². The van der Waals surface area contributed by atoms with Gasteiger partial charge in [0.1, 0.15) is 10.6 Å². The summed E-state index contributed by atoms with van der Waals surface area (Å²) < 4.78 is 32.4. The summed E-state index contributed by atoms with van der Waals surface area (Å²) in [5.74, 6) is 0.379. The Balaban J connectivity index is 2.42. The van der Waals surface area contributed by atoms with Crippen molar-refractivity contribution < 1.29 is 13.2 Å². The Bertz CT molecular complexity index is 540. The summed E-state index contributed by atoms with van der Waals surface area (Å²) in [6.07, 6.45) is 2.97. The lowest BCUT2D eigenvalue weighted by atomic mass is 9.94. The first-order chi connectivity index (χ1) is 8.46. The lowest BCUT2D eigenvalue weighted by Crippen LogP contribution is -2.41. The number of hydrogen-bond acceptors (Lipinski definition) is 3. The van der Waals surface area contributed by atoms with Gasteiger partial charge in [0.2, 0.25) is 10.0 Å². The van der Waals surface area contributed by atoms with Crippen molar-refractivity contribution in [3.8, 4) is 5.75 Å². The molecule has 1 saturated carbocycles. The van der Waals surface area contributed by atoms with Crippen molar-refractivity contribution in [1.29, 1.82) is 0 Å². The third-order valence-corrected chi connectivity index (χ3v) is 5.80. The molecule has 0 atom stereocenters. The van der Waals surface area contributed by atoms with Crippen LogP contribution in [0.15, 0.2) is 27.6 Å². The minimum Gasteiger partial charge on any atom is -0.495 e. The van der Waals surface area contributed by atoms with Crippen molar-refractivity contribution in [3.05, 3.63) is 22.7 Å². The molecule has 0 aliphatic heterocycles. The van der Waals surface area contributed by atoms with Crippen molar-refractivity contribution >= 4 is 26.0 Å². The molecule has 0 N–H and O–H groups in total. The number of methoxy groups -OCH3 is 1. The first kappa shape index (κ1) is 13.8. The van der Waals surface area contributed by atoms with Gasteiger partial charge >= 0.3 is 0 Å². The molecule has 1 fully saturated rings. The highest BCUT2D eigenvalue weighted by molar-refractivity contribution is 9.10. The Labute approximate surface area is 116 Å². The molecule has 2 rings (SSSR count). The van der Waals surface area contributed by atoms with Crippen LogP contribution in [0, 0.1) is 0 Å². The monoisotopic (exact) mass is 333 g/mol. The molecule has 0 bridgehead atoms. The van der Waals surface area contributed by atoms with Gasteiger partial charge in [0, 0.05) is 17.6 Å². The standard InChI is InChI=1S/C12H16BrNO3S/c1-14(10-4-3-5-10)18(15,16)12-8-9(13)6-7-11(12)17-2/h6-8,10H,3-5H2,1-2H3. The summed E-state index contributed by atoms with van der Waals surface area (Å²) in [5, 5.41) is 0. The molecule has 100 valence electrons. The maximum absolute atomic E-state index is 12.5. The third kappa shape index (κ3) is 2.41. The van der Waals surface area contributed by atoms with Crippen molar-refractivity contribution in [2.75, 3.05) is 14.2 Å². The summed E-state index contributed by atoms with van der Waals surface area (Å²) >= 11 is 3.30. The van der Waals surface area contributed by atoms with Gasteiger partial charge in [-0.15, -0.1) is 0 Å². The van der Waals surface area contributed by atoms with Crippen LogP contribution in [0.1, 0.15) is 19.3 Å². The molecular weight excluding hydrogens is 318 g/mol. The van der Waals surface area contributed by atoms with Crippen LogP contribution in [0.25, 0.3) is 0 Å². The molecule has 0 aromatic heterocycles. The number of nitrogens with zero attached hydrogens (tertiary/aromatic N) is 1. The zero-order chi connectivity index (χ0) is 13.3. The zero-order valence-electron chi connectivity index (χ0n) is 10.4. The SMILES string of the molecule is COc1ccc(Br)cc1S(=O)(=O)N(C)C1CCC1. The van der Waals surface area contributed by atoms with Crippen LogP contribution < -0.4 is 4.74 Å². The first-order valence-electron chi connectivity index (χ1n) is 5.78. The summed E-state index contributed by atoms with van der Waals surface area (Å²) in [7, 11) is -0.370. The topological polar surface area (TPSA) is 46.6 Å². The van der Waals surface area contributed by atoms with Gasteiger partial charge in [-0.05, 0) is 31.0 Å². The third-order valence-electron chi connectivity index (χ3n) is 3.37. The van der Waals surface area contributed by atoms with Crippen molar-refractivity contribution in [3.63, 3.8) is 0 Å². The van der Waals surface area contributed by atoms with Gasteiger partial charge in [-0.1, -0.05) is 22.4 Å². The molecule has 6 heteroatoms. The molecule has 1 aliphatic carbocycles. The van der Waals surface area contributed by atoms with E-state index >= 15 is 0 Å². The van der Waals surface area contributed by atoms with Crippen LogP contribution in [-0.2, 0) is 10.0 Å². The highest BCUT2D eigenvalue weighted by Crippen LogP contribution is 2.33. The van der Waals surface area contributed by atoms with E-state index in [1.54, 1.807) is 25.2 Å². The summed E-state index contributed by atoms with van der Waals surface area (Å²) in [6.45, 7) is 0. The van der Waals surface area contributed by atoms with Gasteiger partial charge in [0.05, 0.1) is 7.11 Å². The molecule has 4 nitrogen and oxygen atoms in total. The van der Waals surface area contributed by atoms with Crippen LogP contribution in [0.4, 0.5) is 0 Å². The van der Waals surface area contributed by atoms with Gasteiger partial charge in [0.25, 0.3) is 0 Å². The van der Waals surface area contributed by atoms with Gasteiger partial charge in [0.15, 0.2) is 0 Å². The molecule has 0 unspecified atom stereocenters. The number of benzene rings is 1. The second kappa shape index (κ2) is 5.19. The van der Waals surface area contributed by atoms with E-state index < -0.39 is 10.0 Å². The molecule has 1 aromatic rings. The fourth-order valence-electron chi connectivity index (χ4n) is 1.95. The van der Waals surface area contributed by atoms with E-state index in [9.17, 15) is 8.42 Å². The average molecular weight is 334 g/mol. The zero-order valence-corrected chi connectivity index (χ0v) is 12.8. The Morgan fingerprint density at radius 3 is 2.56 bits per heavy atom. The molecule has 1 aliphatic rings. The quantitative estimate of drug-likeness (QED) is 0.850. The summed E-state index contributed by atoms with van der Waals surface area (Å²) in [5.41, 5.74) is 0. The molecule has 18 heavy (non-hydrogen) atoms. The second-order valence-electron chi connectivity index (χ2n) is 4.40. The molecule has 0 saturated heterocycles. The summed E-state index contributed by atoms with van der Waals surface area (Å²) in [6, 6.07) is 5.13. The molecule has 0 radical (unpaired) electrons. The van der Waals surface area contributed by atoms with Crippen LogP contribution >= 0.6 is 15.9 Å². The lowest BCUT2D eigenvalue weighted by Gasteiger charge is -2.34. The molecule has 0 spiro atoms. The van der Waals surface area contributed by atoms with E-state index in [4.69, 9.17) is 4.74 Å². The van der Waals surface area contributed by atoms with Gasteiger partial charge < -0.3 is 4.74 Å². The van der Waals surface area contributed by atoms with Crippen LogP contribution in [-0.4, -0.2) is 32.9 Å². The number of ether oxygens (including phenoxy) is 1. The average Bonchev–Trinajstić information content (AvgIpc) is 2.26. The summed E-state index contributed by atoms with van der Waals surface area (Å²) in [4.78, 5) is 0.216. The minimum absolute atomic E-state index is 0.124. The fraction of sp³-hybridized carbons (Fsp3) is 0.500. The number of rotatable bonds is 4. The Morgan fingerprint density at radius 2 is 2.06 bits per heavy atom. The predicted octanol–water partition coefficient (Wildman–Crippen LogP) is 2.63. The van der Waals surface area contributed by atoms with Crippen LogP contribution in [0.3, 0.4) is 0 Å². The lowest BCUT2D eigenvalue weighted by molar-refractivity contribution is 0.249. The fourth-order valence-corrected chi connectivity index (χ4v) is 4.06. The Hall–Kier alpha value is -0.590. The highest BCUT2D eigenvalue weighted by Gasteiger charge is 2.33. The van der Waals surface area contributed by atoms with Crippen molar-refractivity contribution in [1.82, 2.24) is 4.31 Å². The predicted molar refractivity (Wildman–Crippen MR) is 73.3 cm³/mol. The largest absolute Gasteiger partial charge is 0.495 e. The van der Waals surface area contributed by atoms with Crippen molar-refractivity contribution in [2.45, 2.75) is 30.2 Å². The minimum atomic E-state index is -3.49. The number of halogens is 1. The Morgan fingerprint density at radius 1 is 1.39 bits per heavy atom. The van der Waals surface area contributed by atoms with Gasteiger partial charge in [-0.25, -0.2) is 8.42 Å². The maximum atomic E-state index is 12.5. The molecule has 0 heterocycles. The molecular formula is C12H16BrNO3S. The normalized spacial score (nSPS) is 16.7. The highest BCUT2D eigenvalue weighted by atomic mass is 79.9. The number of sulfonamides is 1. The molecule has 0 amide bonds. The Kier molecular flexibility index (Phi) is 3.99. The second-order valence-corrected chi connectivity index (χ2v) is 7.28. The van der Waals surface area contributed by atoms with E-state index in [2.05, 4.69) is 15.9 Å². The van der Waals surface area contributed by atoms with E-state index in [0.717, 1.165) is 23.7 Å². The van der Waals surface area contributed by atoms with Crippen LogP contribution in [0.5, 0.6) is 5.75 Å².